The number of nitrogens with zero attached hydrogens (tertiary/aromatic N) is 5. The molecule has 0 amide bonds. The Kier molecular flexibility index (Phi) is 5.85. The molecule has 1 N–H and O–H groups in total. The van der Waals surface area contributed by atoms with E-state index in [0.717, 1.165) is 38.5 Å². The molecule has 0 spiro atoms. The molecule has 0 bridgehead atoms. The predicted octanol–water partition coefficient (Wildman–Crippen LogP) is 1.84. The first-order valence-electron chi connectivity index (χ1n) is 10.2. The van der Waals surface area contributed by atoms with Gasteiger partial charge in [-0.15, -0.1) is 0 Å². The number of carbonyl (C=O) groups is 1. The van der Waals surface area contributed by atoms with Crippen molar-refractivity contribution in [2.45, 2.75) is 20.0 Å². The van der Waals surface area contributed by atoms with Crippen LogP contribution in [0.5, 0.6) is 5.75 Å². The maximum atomic E-state index is 12.5. The van der Waals surface area contributed by atoms with Crippen molar-refractivity contribution in [3.8, 4) is 5.75 Å². The van der Waals surface area contributed by atoms with Crippen molar-refractivity contribution in [2.75, 3.05) is 38.2 Å². The molecule has 3 aromatic rings. The Hall–Kier alpha value is -3.46. The van der Waals surface area contributed by atoms with E-state index >= 15 is 0 Å². The number of pyridine rings is 1. The van der Waals surface area contributed by atoms with E-state index in [-0.39, 0.29) is 10.9 Å². The molecular formula is C22H25N5O4. The average Bonchev–Trinajstić information content (AvgIpc) is 2.80. The molecule has 1 aliphatic heterocycles. The highest BCUT2D eigenvalue weighted by molar-refractivity contribution is 5.91. The highest BCUT2D eigenvalue weighted by Gasteiger charge is 2.21. The molecule has 9 nitrogen and oxygen atoms in total. The van der Waals surface area contributed by atoms with Crippen molar-refractivity contribution in [3.63, 3.8) is 0 Å². The topological polar surface area (TPSA) is 101 Å². The smallest absolute Gasteiger partial charge is 0.341 e. The fraction of sp³-hybridized carbons (Fsp3) is 0.364. The number of methoxy groups -OCH3 is 1. The first-order valence-corrected chi connectivity index (χ1v) is 10.2. The Morgan fingerprint density at radius 2 is 1.87 bits per heavy atom. The second-order valence-corrected chi connectivity index (χ2v) is 7.48. The van der Waals surface area contributed by atoms with Gasteiger partial charge in [0.2, 0.25) is 11.4 Å². The zero-order chi connectivity index (χ0) is 22.0. The van der Waals surface area contributed by atoms with Gasteiger partial charge >= 0.3 is 5.97 Å². The first kappa shape index (κ1) is 20.8. The maximum Gasteiger partial charge on any atom is 0.341 e. The highest BCUT2D eigenvalue weighted by Crippen LogP contribution is 2.18. The number of carboxylic acids is 1. The third-order valence-electron chi connectivity index (χ3n) is 5.59. The lowest BCUT2D eigenvalue weighted by Gasteiger charge is -2.34. The van der Waals surface area contributed by atoms with E-state index in [4.69, 9.17) is 4.74 Å². The Morgan fingerprint density at radius 3 is 2.48 bits per heavy atom. The van der Waals surface area contributed by atoms with Crippen LogP contribution in [0.1, 0.15) is 22.8 Å². The van der Waals surface area contributed by atoms with Crippen LogP contribution in [0.15, 0.2) is 41.5 Å². The molecule has 4 rings (SSSR count). The van der Waals surface area contributed by atoms with Crippen LogP contribution in [-0.2, 0) is 13.1 Å². The fourth-order valence-electron chi connectivity index (χ4n) is 3.80. The summed E-state index contributed by atoms with van der Waals surface area (Å²) in [6, 6.07) is 8.09. The van der Waals surface area contributed by atoms with Gasteiger partial charge in [0.15, 0.2) is 0 Å². The van der Waals surface area contributed by atoms with Crippen LogP contribution in [0.4, 0.5) is 5.95 Å². The summed E-state index contributed by atoms with van der Waals surface area (Å²) in [7, 11) is 1.66. The lowest BCUT2D eigenvalue weighted by molar-refractivity contribution is 0.0695. The van der Waals surface area contributed by atoms with E-state index in [1.807, 2.05) is 19.1 Å². The normalized spacial score (nSPS) is 14.7. The van der Waals surface area contributed by atoms with Gasteiger partial charge in [0.1, 0.15) is 17.0 Å². The van der Waals surface area contributed by atoms with Crippen molar-refractivity contribution in [3.05, 3.63) is 58.0 Å². The van der Waals surface area contributed by atoms with E-state index in [0.29, 0.717) is 18.1 Å². The van der Waals surface area contributed by atoms with Crippen LogP contribution < -0.4 is 15.1 Å². The number of rotatable bonds is 6. The Balaban J connectivity index is 1.50. The van der Waals surface area contributed by atoms with Crippen molar-refractivity contribution in [1.82, 2.24) is 19.4 Å². The molecule has 0 unspecified atom stereocenters. The van der Waals surface area contributed by atoms with Crippen LogP contribution in [-0.4, -0.2) is 63.8 Å². The van der Waals surface area contributed by atoms with Crippen molar-refractivity contribution in [2.24, 2.45) is 0 Å². The zero-order valence-corrected chi connectivity index (χ0v) is 17.6. The summed E-state index contributed by atoms with van der Waals surface area (Å²) >= 11 is 0. The number of piperazine rings is 1. The lowest BCUT2D eigenvalue weighted by atomic mass is 10.2. The van der Waals surface area contributed by atoms with Gasteiger partial charge in [0.05, 0.1) is 12.5 Å². The lowest BCUT2D eigenvalue weighted by Crippen LogP contribution is -2.46. The molecule has 1 aliphatic rings. The molecule has 1 saturated heterocycles. The zero-order valence-electron chi connectivity index (χ0n) is 17.6. The number of hydrogen-bond acceptors (Lipinski definition) is 7. The van der Waals surface area contributed by atoms with E-state index < -0.39 is 11.4 Å². The number of aromatic nitrogens is 3. The van der Waals surface area contributed by atoms with E-state index in [1.165, 1.54) is 18.0 Å². The van der Waals surface area contributed by atoms with Gasteiger partial charge in [-0.05, 0) is 24.6 Å². The number of benzene rings is 1. The van der Waals surface area contributed by atoms with Crippen LogP contribution in [0.2, 0.25) is 0 Å². The summed E-state index contributed by atoms with van der Waals surface area (Å²) in [5.41, 5.74) is 0.876. The van der Waals surface area contributed by atoms with Crippen LogP contribution in [0.3, 0.4) is 0 Å². The number of hydrogen-bond donors (Lipinski definition) is 1. The fourth-order valence-corrected chi connectivity index (χ4v) is 3.80. The van der Waals surface area contributed by atoms with Crippen molar-refractivity contribution >= 4 is 23.0 Å². The summed E-state index contributed by atoms with van der Waals surface area (Å²) < 4.78 is 6.90. The van der Waals surface area contributed by atoms with Gasteiger partial charge in [-0.3, -0.25) is 9.69 Å². The van der Waals surface area contributed by atoms with Crippen molar-refractivity contribution in [1.29, 1.82) is 0 Å². The summed E-state index contributed by atoms with van der Waals surface area (Å²) in [6.45, 7) is 6.52. The molecule has 1 aromatic carbocycles. The average molecular weight is 423 g/mol. The summed E-state index contributed by atoms with van der Waals surface area (Å²) in [6.07, 6.45) is 2.80. The quantitative estimate of drug-likeness (QED) is 0.641. The van der Waals surface area contributed by atoms with E-state index in [9.17, 15) is 14.7 Å². The van der Waals surface area contributed by atoms with Crippen molar-refractivity contribution < 1.29 is 14.6 Å². The minimum Gasteiger partial charge on any atom is -0.497 e. The molecular weight excluding hydrogens is 398 g/mol. The highest BCUT2D eigenvalue weighted by atomic mass is 16.5. The largest absolute Gasteiger partial charge is 0.497 e. The number of carboxylic acid groups (broad SMARTS) is 1. The van der Waals surface area contributed by atoms with Gasteiger partial charge in [0.25, 0.3) is 0 Å². The first-order chi connectivity index (χ1) is 15.0. The Morgan fingerprint density at radius 1 is 1.16 bits per heavy atom. The van der Waals surface area contributed by atoms with Gasteiger partial charge in [0, 0.05) is 51.7 Å². The molecule has 3 heterocycles. The standard InChI is InChI=1S/C22H25N5O4/c1-3-26-14-18(21(29)30)19(28)17-12-23-22(24-20(17)26)27-10-8-25(9-11-27)13-15-4-6-16(31-2)7-5-15/h4-7,12,14H,3,8-11,13H2,1-2H3,(H,29,30). The molecule has 162 valence electrons. The predicted molar refractivity (Wildman–Crippen MR) is 117 cm³/mol. The summed E-state index contributed by atoms with van der Waals surface area (Å²) in [5, 5.41) is 9.51. The number of anilines is 1. The Bertz CT molecular complexity index is 1150. The number of aromatic carboxylic acids is 1. The van der Waals surface area contributed by atoms with Gasteiger partial charge in [-0.1, -0.05) is 12.1 Å². The molecule has 0 radical (unpaired) electrons. The third kappa shape index (κ3) is 4.22. The Labute approximate surface area is 179 Å². The second kappa shape index (κ2) is 8.73. The molecule has 9 heteroatoms. The van der Waals surface area contributed by atoms with Gasteiger partial charge < -0.3 is 19.3 Å². The summed E-state index contributed by atoms with van der Waals surface area (Å²) in [5.74, 6) is 0.162. The number of fused-ring (bicyclic) bond motifs is 1. The SMILES string of the molecule is CCn1cc(C(=O)O)c(=O)c2cnc(N3CCN(Cc4ccc(OC)cc4)CC3)nc21. The third-order valence-corrected chi connectivity index (χ3v) is 5.59. The molecule has 0 aliphatic carbocycles. The monoisotopic (exact) mass is 423 g/mol. The molecule has 0 saturated carbocycles. The van der Waals surface area contributed by atoms with Crippen LogP contribution in [0, 0.1) is 0 Å². The van der Waals surface area contributed by atoms with E-state index in [2.05, 4.69) is 31.9 Å². The minimum absolute atomic E-state index is 0.226. The minimum atomic E-state index is -1.24. The molecule has 2 aromatic heterocycles. The second-order valence-electron chi connectivity index (χ2n) is 7.48. The van der Waals surface area contributed by atoms with Gasteiger partial charge in [-0.2, -0.15) is 4.98 Å². The molecule has 1 fully saturated rings. The number of ether oxygens (including phenoxy) is 1. The van der Waals surface area contributed by atoms with E-state index in [1.54, 1.807) is 11.7 Å². The van der Waals surface area contributed by atoms with Crippen LogP contribution in [0.25, 0.3) is 11.0 Å². The molecule has 31 heavy (non-hydrogen) atoms. The summed E-state index contributed by atoms with van der Waals surface area (Å²) in [4.78, 5) is 37.3. The molecule has 0 atom stereocenters. The number of aryl methyl sites for hydroxylation is 1. The van der Waals surface area contributed by atoms with Gasteiger partial charge in [-0.25, -0.2) is 9.78 Å². The van der Waals surface area contributed by atoms with Crippen LogP contribution >= 0.6 is 0 Å². The maximum absolute atomic E-state index is 12.5.